The van der Waals surface area contributed by atoms with Crippen molar-refractivity contribution >= 4 is 6.03 Å². The van der Waals surface area contributed by atoms with Crippen molar-refractivity contribution in [3.05, 3.63) is 47.3 Å². The van der Waals surface area contributed by atoms with Gasteiger partial charge in [0.25, 0.3) is 0 Å². The van der Waals surface area contributed by atoms with Crippen molar-refractivity contribution in [2.24, 2.45) is 0 Å². The van der Waals surface area contributed by atoms with Crippen LogP contribution in [0.5, 0.6) is 5.75 Å². The van der Waals surface area contributed by atoms with Crippen molar-refractivity contribution in [3.8, 4) is 5.75 Å². The van der Waals surface area contributed by atoms with E-state index >= 15 is 0 Å². The number of likely N-dealkylation sites (tertiary alicyclic amines) is 1. The van der Waals surface area contributed by atoms with Crippen LogP contribution in [0.4, 0.5) is 4.79 Å². The molecule has 0 saturated carbocycles. The van der Waals surface area contributed by atoms with Gasteiger partial charge in [0.05, 0.1) is 18.8 Å². The van der Waals surface area contributed by atoms with Crippen molar-refractivity contribution in [2.75, 3.05) is 26.7 Å². The van der Waals surface area contributed by atoms with E-state index in [0.29, 0.717) is 6.54 Å². The Morgan fingerprint density at radius 2 is 2.08 bits per heavy atom. The lowest BCUT2D eigenvalue weighted by atomic mass is 10.1. The summed E-state index contributed by atoms with van der Waals surface area (Å²) >= 11 is 0. The summed E-state index contributed by atoms with van der Waals surface area (Å²) in [6.07, 6.45) is 1.76. The third-order valence-electron chi connectivity index (χ3n) is 4.69. The number of hydrogen-bond acceptors (Lipinski definition) is 3. The molecular weight excluding hydrogens is 316 g/mol. The van der Waals surface area contributed by atoms with E-state index < -0.39 is 0 Å². The van der Waals surface area contributed by atoms with Crippen LogP contribution >= 0.6 is 0 Å². The Morgan fingerprint density at radius 1 is 1.32 bits per heavy atom. The van der Waals surface area contributed by atoms with Crippen LogP contribution < -0.4 is 10.1 Å². The topological polar surface area (TPSA) is 59.4 Å². The molecule has 0 aliphatic carbocycles. The molecule has 0 radical (unpaired) electrons. The molecule has 1 aromatic heterocycles. The summed E-state index contributed by atoms with van der Waals surface area (Å²) < 4.78 is 7.21. The van der Waals surface area contributed by atoms with Gasteiger partial charge in [0.2, 0.25) is 0 Å². The second-order valence-corrected chi connectivity index (χ2v) is 6.59. The van der Waals surface area contributed by atoms with Gasteiger partial charge in [-0.2, -0.15) is 5.10 Å². The predicted octanol–water partition coefficient (Wildman–Crippen LogP) is 2.71. The third-order valence-corrected chi connectivity index (χ3v) is 4.69. The fourth-order valence-corrected chi connectivity index (χ4v) is 3.36. The van der Waals surface area contributed by atoms with Gasteiger partial charge in [0, 0.05) is 25.3 Å². The van der Waals surface area contributed by atoms with E-state index in [0.717, 1.165) is 43.1 Å². The Kier molecular flexibility index (Phi) is 5.26. The fourth-order valence-electron chi connectivity index (χ4n) is 3.36. The number of carbonyl (C=O) groups excluding carboxylic acids is 1. The van der Waals surface area contributed by atoms with E-state index in [9.17, 15) is 4.79 Å². The first-order valence-corrected chi connectivity index (χ1v) is 8.75. The zero-order valence-corrected chi connectivity index (χ0v) is 15.2. The van der Waals surface area contributed by atoms with E-state index in [-0.39, 0.29) is 12.1 Å². The van der Waals surface area contributed by atoms with Crippen molar-refractivity contribution in [1.29, 1.82) is 0 Å². The highest BCUT2D eigenvalue weighted by molar-refractivity contribution is 5.74. The SMILES string of the molecule is COc1ccc(CCNC(=O)N2CCC(n3nc(C)cc3C)C2)cc1. The largest absolute Gasteiger partial charge is 0.497 e. The number of benzene rings is 1. The molecule has 25 heavy (non-hydrogen) atoms. The molecule has 0 bridgehead atoms. The van der Waals surface area contributed by atoms with Crippen LogP contribution in [0, 0.1) is 13.8 Å². The van der Waals surface area contributed by atoms with Gasteiger partial charge in [-0.1, -0.05) is 12.1 Å². The molecule has 1 fully saturated rings. The van der Waals surface area contributed by atoms with E-state index in [4.69, 9.17) is 4.74 Å². The van der Waals surface area contributed by atoms with Crippen molar-refractivity contribution in [2.45, 2.75) is 32.7 Å². The number of aromatic nitrogens is 2. The molecule has 1 saturated heterocycles. The number of urea groups is 1. The predicted molar refractivity (Wildman–Crippen MR) is 97.0 cm³/mol. The highest BCUT2D eigenvalue weighted by Crippen LogP contribution is 2.23. The number of ether oxygens (including phenoxy) is 1. The van der Waals surface area contributed by atoms with Crippen molar-refractivity contribution in [3.63, 3.8) is 0 Å². The lowest BCUT2D eigenvalue weighted by Crippen LogP contribution is -2.39. The minimum Gasteiger partial charge on any atom is -0.497 e. The average molecular weight is 342 g/mol. The Bertz CT molecular complexity index is 724. The van der Waals surface area contributed by atoms with Gasteiger partial charge in [0.15, 0.2) is 0 Å². The van der Waals surface area contributed by atoms with Gasteiger partial charge in [0.1, 0.15) is 5.75 Å². The fraction of sp³-hybridized carbons (Fsp3) is 0.474. The second-order valence-electron chi connectivity index (χ2n) is 6.59. The van der Waals surface area contributed by atoms with Crippen LogP contribution in [-0.2, 0) is 6.42 Å². The van der Waals surface area contributed by atoms with E-state index in [1.54, 1.807) is 7.11 Å². The number of carbonyl (C=O) groups is 1. The van der Waals surface area contributed by atoms with Crippen LogP contribution in [0.3, 0.4) is 0 Å². The maximum absolute atomic E-state index is 12.4. The minimum absolute atomic E-state index is 0.0116. The molecule has 2 aromatic rings. The number of rotatable bonds is 5. The molecule has 1 aliphatic rings. The maximum Gasteiger partial charge on any atom is 0.317 e. The summed E-state index contributed by atoms with van der Waals surface area (Å²) in [5.41, 5.74) is 3.37. The number of nitrogens with zero attached hydrogens (tertiary/aromatic N) is 3. The number of hydrogen-bond donors (Lipinski definition) is 1. The van der Waals surface area contributed by atoms with E-state index in [1.807, 2.05) is 36.1 Å². The standard InChI is InChI=1S/C19H26N4O2/c1-14-12-15(2)23(21-14)17-9-11-22(13-17)19(24)20-10-8-16-4-6-18(25-3)7-5-16/h4-7,12,17H,8-11,13H2,1-3H3,(H,20,24). The van der Waals surface area contributed by atoms with Gasteiger partial charge in [-0.25, -0.2) is 4.79 Å². The first-order chi connectivity index (χ1) is 12.1. The molecule has 1 aromatic carbocycles. The second kappa shape index (κ2) is 7.59. The Hall–Kier alpha value is -2.50. The third kappa shape index (κ3) is 4.13. The van der Waals surface area contributed by atoms with Crippen molar-refractivity contribution < 1.29 is 9.53 Å². The average Bonchev–Trinajstić information content (AvgIpc) is 3.21. The molecule has 3 rings (SSSR count). The summed E-state index contributed by atoms with van der Waals surface area (Å²) in [5, 5.41) is 7.57. The normalized spacial score (nSPS) is 16.9. The summed E-state index contributed by atoms with van der Waals surface area (Å²) in [6, 6.07) is 10.3. The van der Waals surface area contributed by atoms with Gasteiger partial charge in [-0.3, -0.25) is 4.68 Å². The molecule has 6 nitrogen and oxygen atoms in total. The van der Waals surface area contributed by atoms with Crippen molar-refractivity contribution in [1.82, 2.24) is 20.0 Å². The lowest BCUT2D eigenvalue weighted by Gasteiger charge is -2.18. The van der Waals surface area contributed by atoms with Crippen LogP contribution in [0.25, 0.3) is 0 Å². The Morgan fingerprint density at radius 3 is 2.72 bits per heavy atom. The molecule has 2 amide bonds. The molecule has 1 atom stereocenters. The molecule has 6 heteroatoms. The molecule has 2 heterocycles. The van der Waals surface area contributed by atoms with Gasteiger partial charge in [-0.05, 0) is 50.5 Å². The van der Waals surface area contributed by atoms with E-state index in [2.05, 4.69) is 28.1 Å². The highest BCUT2D eigenvalue weighted by Gasteiger charge is 2.28. The summed E-state index contributed by atoms with van der Waals surface area (Å²) in [5.74, 6) is 0.847. The number of aryl methyl sites for hydroxylation is 2. The van der Waals surface area contributed by atoms with Crippen LogP contribution in [0.15, 0.2) is 30.3 Å². The zero-order chi connectivity index (χ0) is 17.8. The first kappa shape index (κ1) is 17.3. The van der Waals surface area contributed by atoms with Crippen LogP contribution in [0.2, 0.25) is 0 Å². The quantitative estimate of drug-likeness (QED) is 0.909. The molecule has 134 valence electrons. The Balaban J connectivity index is 1.46. The monoisotopic (exact) mass is 342 g/mol. The zero-order valence-electron chi connectivity index (χ0n) is 15.2. The van der Waals surface area contributed by atoms with Gasteiger partial charge < -0.3 is 15.0 Å². The first-order valence-electron chi connectivity index (χ1n) is 8.75. The summed E-state index contributed by atoms with van der Waals surface area (Å²) in [4.78, 5) is 14.3. The smallest absolute Gasteiger partial charge is 0.317 e. The summed E-state index contributed by atoms with van der Waals surface area (Å²) in [6.45, 7) is 6.19. The molecule has 1 unspecified atom stereocenters. The molecule has 1 N–H and O–H groups in total. The van der Waals surface area contributed by atoms with Crippen LogP contribution in [-0.4, -0.2) is 47.5 Å². The molecule has 0 spiro atoms. The molecule has 1 aliphatic heterocycles. The van der Waals surface area contributed by atoms with Crippen LogP contribution in [0.1, 0.15) is 29.4 Å². The number of nitrogens with one attached hydrogen (secondary N) is 1. The minimum atomic E-state index is 0.0116. The number of methoxy groups -OCH3 is 1. The highest BCUT2D eigenvalue weighted by atomic mass is 16.5. The molecular formula is C19H26N4O2. The lowest BCUT2D eigenvalue weighted by molar-refractivity contribution is 0.207. The van der Waals surface area contributed by atoms with Gasteiger partial charge in [-0.15, -0.1) is 0 Å². The van der Waals surface area contributed by atoms with E-state index in [1.165, 1.54) is 5.56 Å². The maximum atomic E-state index is 12.4. The van der Waals surface area contributed by atoms with Gasteiger partial charge >= 0.3 is 6.03 Å². The number of amides is 2. The summed E-state index contributed by atoms with van der Waals surface area (Å²) in [7, 11) is 1.66. The Labute approximate surface area is 148 Å².